The molecule has 1 nitrogen and oxygen atoms in total. The largest absolute Gasteiger partial charge is 0.306 e. The summed E-state index contributed by atoms with van der Waals surface area (Å²) in [7, 11) is 0. The van der Waals surface area contributed by atoms with Crippen LogP contribution in [0.25, 0.3) is 0 Å². The lowest BCUT2D eigenvalue weighted by Gasteiger charge is -2.21. The van der Waals surface area contributed by atoms with Gasteiger partial charge >= 0.3 is 0 Å². The van der Waals surface area contributed by atoms with Crippen LogP contribution >= 0.6 is 15.9 Å². The number of benzene rings is 2. The maximum Gasteiger partial charge on any atom is 0.0587 e. The molecule has 0 fully saturated rings. The molecule has 2 heteroatoms. The van der Waals surface area contributed by atoms with Gasteiger partial charge in [0.2, 0.25) is 0 Å². The number of rotatable bonds is 5. The van der Waals surface area contributed by atoms with Gasteiger partial charge in [0.25, 0.3) is 0 Å². The first-order chi connectivity index (χ1) is 9.26. The SMILES string of the molecule is CCNC(c1cccc(CC)c1)c1ccccc1Br. The van der Waals surface area contributed by atoms with Crippen molar-refractivity contribution < 1.29 is 0 Å². The minimum absolute atomic E-state index is 0.243. The Kier molecular flexibility index (Phi) is 5.17. The molecule has 0 aliphatic heterocycles. The summed E-state index contributed by atoms with van der Waals surface area (Å²) >= 11 is 3.66. The van der Waals surface area contributed by atoms with Crippen molar-refractivity contribution in [2.24, 2.45) is 0 Å². The summed E-state index contributed by atoms with van der Waals surface area (Å²) in [5.41, 5.74) is 4.00. The second-order valence-electron chi connectivity index (χ2n) is 4.61. The topological polar surface area (TPSA) is 12.0 Å². The molecule has 0 radical (unpaired) electrons. The summed E-state index contributed by atoms with van der Waals surface area (Å²) in [5, 5.41) is 3.58. The van der Waals surface area contributed by atoms with E-state index in [1.165, 1.54) is 16.7 Å². The van der Waals surface area contributed by atoms with Crippen molar-refractivity contribution in [1.82, 2.24) is 5.32 Å². The van der Waals surface area contributed by atoms with Gasteiger partial charge in [0, 0.05) is 4.47 Å². The summed E-state index contributed by atoms with van der Waals surface area (Å²) < 4.78 is 1.16. The fourth-order valence-electron chi connectivity index (χ4n) is 2.31. The smallest absolute Gasteiger partial charge is 0.0587 e. The van der Waals surface area contributed by atoms with Crippen molar-refractivity contribution >= 4 is 15.9 Å². The summed E-state index contributed by atoms with van der Waals surface area (Å²) in [6, 6.07) is 17.5. The number of hydrogen-bond donors (Lipinski definition) is 1. The molecule has 1 atom stereocenters. The van der Waals surface area contributed by atoms with Crippen LogP contribution in [0.2, 0.25) is 0 Å². The molecule has 2 rings (SSSR count). The Balaban J connectivity index is 2.42. The van der Waals surface area contributed by atoms with Gasteiger partial charge in [0.15, 0.2) is 0 Å². The van der Waals surface area contributed by atoms with Crippen molar-refractivity contribution in [3.05, 3.63) is 69.7 Å². The third-order valence-corrected chi connectivity index (χ3v) is 4.04. The number of halogens is 1. The molecule has 19 heavy (non-hydrogen) atoms. The monoisotopic (exact) mass is 317 g/mol. The lowest BCUT2D eigenvalue weighted by molar-refractivity contribution is 0.628. The van der Waals surface area contributed by atoms with Crippen molar-refractivity contribution in [2.75, 3.05) is 6.54 Å². The molecule has 0 bridgehead atoms. The van der Waals surface area contributed by atoms with E-state index in [1.807, 2.05) is 0 Å². The first kappa shape index (κ1) is 14.3. The molecule has 1 N–H and O–H groups in total. The van der Waals surface area contributed by atoms with Gasteiger partial charge < -0.3 is 5.32 Å². The fourth-order valence-corrected chi connectivity index (χ4v) is 2.83. The Hall–Kier alpha value is -1.12. The predicted molar refractivity (Wildman–Crippen MR) is 85.5 cm³/mol. The molecular weight excluding hydrogens is 298 g/mol. The predicted octanol–water partition coefficient (Wildman–Crippen LogP) is 4.71. The van der Waals surface area contributed by atoms with E-state index in [1.54, 1.807) is 0 Å². The van der Waals surface area contributed by atoms with Crippen LogP contribution in [0, 0.1) is 0 Å². The molecule has 1 unspecified atom stereocenters. The van der Waals surface area contributed by atoms with Gasteiger partial charge in [-0.25, -0.2) is 0 Å². The molecule has 0 aromatic heterocycles. The average molecular weight is 318 g/mol. The van der Waals surface area contributed by atoms with Crippen LogP contribution in [0.5, 0.6) is 0 Å². The van der Waals surface area contributed by atoms with Crippen LogP contribution in [0.1, 0.15) is 36.6 Å². The van der Waals surface area contributed by atoms with Gasteiger partial charge in [-0.1, -0.05) is 72.2 Å². The van der Waals surface area contributed by atoms with Crippen LogP contribution in [0.15, 0.2) is 53.0 Å². The van der Waals surface area contributed by atoms with E-state index in [0.29, 0.717) is 0 Å². The van der Waals surface area contributed by atoms with Crippen LogP contribution in [0.4, 0.5) is 0 Å². The van der Waals surface area contributed by atoms with Gasteiger partial charge in [-0.05, 0) is 35.7 Å². The lowest BCUT2D eigenvalue weighted by atomic mass is 9.96. The molecule has 100 valence electrons. The molecule has 0 spiro atoms. The van der Waals surface area contributed by atoms with Crippen LogP contribution in [0.3, 0.4) is 0 Å². The third-order valence-electron chi connectivity index (χ3n) is 3.32. The Morgan fingerprint density at radius 1 is 1.05 bits per heavy atom. The molecule has 0 aliphatic carbocycles. The molecule has 0 saturated carbocycles. The van der Waals surface area contributed by atoms with Crippen molar-refractivity contribution in [2.45, 2.75) is 26.3 Å². The van der Waals surface area contributed by atoms with E-state index in [4.69, 9.17) is 0 Å². The van der Waals surface area contributed by atoms with E-state index < -0.39 is 0 Å². The summed E-state index contributed by atoms with van der Waals surface area (Å²) in [5.74, 6) is 0. The van der Waals surface area contributed by atoms with Crippen LogP contribution in [-0.2, 0) is 6.42 Å². The van der Waals surface area contributed by atoms with Gasteiger partial charge in [-0.3, -0.25) is 0 Å². The Bertz CT molecular complexity index is 536. The van der Waals surface area contributed by atoms with E-state index >= 15 is 0 Å². The van der Waals surface area contributed by atoms with E-state index in [0.717, 1.165) is 17.4 Å². The zero-order chi connectivity index (χ0) is 13.7. The van der Waals surface area contributed by atoms with Crippen molar-refractivity contribution in [3.63, 3.8) is 0 Å². The molecule has 0 heterocycles. The number of aryl methyl sites for hydroxylation is 1. The third kappa shape index (κ3) is 3.46. The first-order valence-electron chi connectivity index (χ1n) is 6.83. The van der Waals surface area contributed by atoms with Crippen LogP contribution < -0.4 is 5.32 Å². The Morgan fingerprint density at radius 3 is 2.53 bits per heavy atom. The van der Waals surface area contributed by atoms with E-state index in [-0.39, 0.29) is 6.04 Å². The fraction of sp³-hybridized carbons (Fsp3) is 0.294. The standard InChI is InChI=1S/C17H20BrN/c1-3-13-8-7-9-14(12-13)17(19-4-2)15-10-5-6-11-16(15)18/h5-12,17,19H,3-4H2,1-2H3. The maximum absolute atomic E-state index is 3.66. The van der Waals surface area contributed by atoms with Crippen molar-refractivity contribution in [3.8, 4) is 0 Å². The molecule has 0 saturated heterocycles. The van der Waals surface area contributed by atoms with Crippen molar-refractivity contribution in [1.29, 1.82) is 0 Å². The second kappa shape index (κ2) is 6.88. The zero-order valence-electron chi connectivity index (χ0n) is 11.5. The number of nitrogens with one attached hydrogen (secondary N) is 1. The minimum Gasteiger partial charge on any atom is -0.306 e. The van der Waals surface area contributed by atoms with Crippen LogP contribution in [-0.4, -0.2) is 6.54 Å². The molecule has 2 aromatic rings. The summed E-state index contributed by atoms with van der Waals surface area (Å²) in [6.45, 7) is 5.29. The highest BCUT2D eigenvalue weighted by molar-refractivity contribution is 9.10. The molecule has 0 amide bonds. The van der Waals surface area contributed by atoms with Gasteiger partial charge in [-0.15, -0.1) is 0 Å². The maximum atomic E-state index is 3.66. The minimum atomic E-state index is 0.243. The second-order valence-corrected chi connectivity index (χ2v) is 5.47. The zero-order valence-corrected chi connectivity index (χ0v) is 13.1. The number of hydrogen-bond acceptors (Lipinski definition) is 1. The Morgan fingerprint density at radius 2 is 1.84 bits per heavy atom. The highest BCUT2D eigenvalue weighted by atomic mass is 79.9. The van der Waals surface area contributed by atoms with E-state index in [9.17, 15) is 0 Å². The van der Waals surface area contributed by atoms with Gasteiger partial charge in [0.05, 0.1) is 6.04 Å². The van der Waals surface area contributed by atoms with E-state index in [2.05, 4.69) is 83.6 Å². The van der Waals surface area contributed by atoms with Gasteiger partial charge in [-0.2, -0.15) is 0 Å². The highest BCUT2D eigenvalue weighted by Gasteiger charge is 2.15. The quantitative estimate of drug-likeness (QED) is 0.842. The summed E-state index contributed by atoms with van der Waals surface area (Å²) in [4.78, 5) is 0. The normalized spacial score (nSPS) is 12.4. The molecule has 0 aliphatic rings. The van der Waals surface area contributed by atoms with Gasteiger partial charge in [0.1, 0.15) is 0 Å². The average Bonchev–Trinajstić information content (AvgIpc) is 2.46. The molecular formula is C17H20BrN. The highest BCUT2D eigenvalue weighted by Crippen LogP contribution is 2.28. The lowest BCUT2D eigenvalue weighted by Crippen LogP contribution is -2.22. The Labute approximate surface area is 124 Å². The first-order valence-corrected chi connectivity index (χ1v) is 7.62. The molecule has 2 aromatic carbocycles. The summed E-state index contributed by atoms with van der Waals surface area (Å²) in [6.07, 6.45) is 1.07.